The summed E-state index contributed by atoms with van der Waals surface area (Å²) >= 11 is 0. The SMILES string of the molecule is C=C(C)CN1CC(C(C)C)NCC1CC. The van der Waals surface area contributed by atoms with Crippen molar-refractivity contribution in [2.75, 3.05) is 19.6 Å². The molecule has 1 heterocycles. The van der Waals surface area contributed by atoms with Gasteiger partial charge in [0, 0.05) is 31.7 Å². The molecular formula is C13H26N2. The molecule has 2 atom stereocenters. The normalized spacial score (nSPS) is 28.3. The van der Waals surface area contributed by atoms with Crippen molar-refractivity contribution in [3.8, 4) is 0 Å². The highest BCUT2D eigenvalue weighted by Gasteiger charge is 2.27. The Bertz CT molecular complexity index is 211. The second kappa shape index (κ2) is 5.66. The Hall–Kier alpha value is -0.340. The molecule has 0 spiro atoms. The minimum atomic E-state index is 0.646. The molecule has 0 aliphatic carbocycles. The van der Waals surface area contributed by atoms with Gasteiger partial charge in [0.2, 0.25) is 0 Å². The number of nitrogens with zero attached hydrogens (tertiary/aromatic N) is 1. The molecule has 0 aromatic heterocycles. The lowest BCUT2D eigenvalue weighted by molar-refractivity contribution is 0.121. The van der Waals surface area contributed by atoms with Gasteiger partial charge in [-0.3, -0.25) is 4.90 Å². The van der Waals surface area contributed by atoms with Crippen molar-refractivity contribution in [3.05, 3.63) is 12.2 Å². The first kappa shape index (κ1) is 12.7. The van der Waals surface area contributed by atoms with Crippen LogP contribution in [0.5, 0.6) is 0 Å². The van der Waals surface area contributed by atoms with E-state index < -0.39 is 0 Å². The number of piperazine rings is 1. The highest BCUT2D eigenvalue weighted by molar-refractivity contribution is 4.97. The molecule has 2 unspecified atom stereocenters. The number of hydrogen-bond acceptors (Lipinski definition) is 2. The summed E-state index contributed by atoms with van der Waals surface area (Å²) in [4.78, 5) is 2.59. The van der Waals surface area contributed by atoms with Crippen LogP contribution in [0.4, 0.5) is 0 Å². The molecule has 1 rings (SSSR count). The van der Waals surface area contributed by atoms with Crippen LogP contribution < -0.4 is 5.32 Å². The van der Waals surface area contributed by atoms with E-state index in [0.29, 0.717) is 12.1 Å². The maximum atomic E-state index is 4.03. The van der Waals surface area contributed by atoms with Gasteiger partial charge in [0.15, 0.2) is 0 Å². The lowest BCUT2D eigenvalue weighted by Crippen LogP contribution is -2.58. The number of hydrogen-bond donors (Lipinski definition) is 1. The molecule has 1 N–H and O–H groups in total. The van der Waals surface area contributed by atoms with E-state index in [1.165, 1.54) is 18.5 Å². The molecule has 0 amide bonds. The van der Waals surface area contributed by atoms with Crippen molar-refractivity contribution in [2.45, 2.75) is 46.2 Å². The average molecular weight is 210 g/mol. The summed E-state index contributed by atoms with van der Waals surface area (Å²) in [6.45, 7) is 16.4. The predicted octanol–water partition coefficient (Wildman–Crippen LogP) is 2.27. The van der Waals surface area contributed by atoms with Crippen LogP contribution in [0.25, 0.3) is 0 Å². The van der Waals surface area contributed by atoms with Crippen molar-refractivity contribution >= 4 is 0 Å². The van der Waals surface area contributed by atoms with Crippen LogP contribution in [-0.2, 0) is 0 Å². The van der Waals surface area contributed by atoms with Crippen LogP contribution >= 0.6 is 0 Å². The van der Waals surface area contributed by atoms with Gasteiger partial charge in [0.1, 0.15) is 0 Å². The summed E-state index contributed by atoms with van der Waals surface area (Å²) in [5.74, 6) is 0.718. The van der Waals surface area contributed by atoms with Crippen molar-refractivity contribution < 1.29 is 0 Å². The average Bonchev–Trinajstić information content (AvgIpc) is 2.16. The van der Waals surface area contributed by atoms with E-state index in [4.69, 9.17) is 0 Å². The number of rotatable bonds is 4. The van der Waals surface area contributed by atoms with E-state index in [1.54, 1.807) is 0 Å². The molecule has 2 nitrogen and oxygen atoms in total. The molecule has 1 saturated heterocycles. The van der Waals surface area contributed by atoms with Gasteiger partial charge in [-0.05, 0) is 19.3 Å². The Kier molecular flexibility index (Phi) is 4.81. The van der Waals surface area contributed by atoms with E-state index in [-0.39, 0.29) is 0 Å². The van der Waals surface area contributed by atoms with Crippen LogP contribution in [0.2, 0.25) is 0 Å². The maximum absolute atomic E-state index is 4.03. The van der Waals surface area contributed by atoms with Crippen LogP contribution in [0, 0.1) is 5.92 Å². The van der Waals surface area contributed by atoms with E-state index in [2.05, 4.69) is 44.5 Å². The van der Waals surface area contributed by atoms with E-state index >= 15 is 0 Å². The third-order valence-corrected chi connectivity index (χ3v) is 3.31. The maximum Gasteiger partial charge on any atom is 0.0222 e. The van der Waals surface area contributed by atoms with E-state index in [0.717, 1.165) is 19.0 Å². The predicted molar refractivity (Wildman–Crippen MR) is 67.1 cm³/mol. The lowest BCUT2D eigenvalue weighted by atomic mass is 9.98. The van der Waals surface area contributed by atoms with E-state index in [1.807, 2.05) is 0 Å². The first-order chi connectivity index (χ1) is 7.04. The van der Waals surface area contributed by atoms with E-state index in [9.17, 15) is 0 Å². The summed E-state index contributed by atoms with van der Waals surface area (Å²) in [5.41, 5.74) is 1.28. The molecular weight excluding hydrogens is 184 g/mol. The zero-order valence-electron chi connectivity index (χ0n) is 10.7. The first-order valence-corrected chi connectivity index (χ1v) is 6.16. The third-order valence-electron chi connectivity index (χ3n) is 3.31. The van der Waals surface area contributed by atoms with Gasteiger partial charge in [-0.2, -0.15) is 0 Å². The lowest BCUT2D eigenvalue weighted by Gasteiger charge is -2.41. The van der Waals surface area contributed by atoms with Gasteiger partial charge >= 0.3 is 0 Å². The van der Waals surface area contributed by atoms with Crippen LogP contribution in [0.15, 0.2) is 12.2 Å². The molecule has 0 saturated carbocycles. The fourth-order valence-corrected chi connectivity index (χ4v) is 2.27. The summed E-state index contributed by atoms with van der Waals surface area (Å²) < 4.78 is 0. The Morgan fingerprint density at radius 1 is 1.53 bits per heavy atom. The Morgan fingerprint density at radius 3 is 2.67 bits per heavy atom. The van der Waals surface area contributed by atoms with Gasteiger partial charge in [-0.15, -0.1) is 0 Å². The standard InChI is InChI=1S/C13H26N2/c1-6-12-7-14-13(11(4)5)9-15(12)8-10(2)3/h11-14H,2,6-9H2,1,3-5H3. The molecule has 0 aromatic rings. The summed E-state index contributed by atoms with van der Waals surface area (Å²) in [6, 6.07) is 1.34. The zero-order valence-corrected chi connectivity index (χ0v) is 10.7. The van der Waals surface area contributed by atoms with Crippen molar-refractivity contribution in [3.63, 3.8) is 0 Å². The Morgan fingerprint density at radius 2 is 2.20 bits per heavy atom. The highest BCUT2D eigenvalue weighted by Crippen LogP contribution is 2.15. The summed E-state index contributed by atoms with van der Waals surface area (Å²) in [6.07, 6.45) is 1.23. The monoisotopic (exact) mass is 210 g/mol. The molecule has 0 aromatic carbocycles. The molecule has 0 bridgehead atoms. The molecule has 2 heteroatoms. The first-order valence-electron chi connectivity index (χ1n) is 6.16. The highest BCUT2D eigenvalue weighted by atomic mass is 15.2. The summed E-state index contributed by atoms with van der Waals surface area (Å²) in [7, 11) is 0. The Balaban J connectivity index is 2.56. The van der Waals surface area contributed by atoms with Gasteiger partial charge in [-0.1, -0.05) is 32.9 Å². The second-order valence-electron chi connectivity index (χ2n) is 5.21. The van der Waals surface area contributed by atoms with Crippen molar-refractivity contribution in [2.24, 2.45) is 5.92 Å². The quantitative estimate of drug-likeness (QED) is 0.716. The fraction of sp³-hybridized carbons (Fsp3) is 0.846. The van der Waals surface area contributed by atoms with Crippen LogP contribution in [0.1, 0.15) is 34.1 Å². The smallest absolute Gasteiger partial charge is 0.0222 e. The third kappa shape index (κ3) is 3.62. The second-order valence-corrected chi connectivity index (χ2v) is 5.21. The summed E-state index contributed by atoms with van der Waals surface area (Å²) in [5, 5.41) is 3.65. The molecule has 15 heavy (non-hydrogen) atoms. The fourth-order valence-electron chi connectivity index (χ4n) is 2.27. The van der Waals surface area contributed by atoms with Gasteiger partial charge in [0.05, 0.1) is 0 Å². The molecule has 1 aliphatic rings. The van der Waals surface area contributed by atoms with Crippen LogP contribution in [0.3, 0.4) is 0 Å². The molecule has 1 aliphatic heterocycles. The van der Waals surface area contributed by atoms with Gasteiger partial charge < -0.3 is 5.32 Å². The minimum Gasteiger partial charge on any atom is -0.311 e. The van der Waals surface area contributed by atoms with Gasteiger partial charge in [-0.25, -0.2) is 0 Å². The molecule has 88 valence electrons. The molecule has 1 fully saturated rings. The topological polar surface area (TPSA) is 15.3 Å². The molecule has 0 radical (unpaired) electrons. The van der Waals surface area contributed by atoms with Crippen molar-refractivity contribution in [1.29, 1.82) is 0 Å². The minimum absolute atomic E-state index is 0.646. The zero-order chi connectivity index (χ0) is 11.4. The van der Waals surface area contributed by atoms with Gasteiger partial charge in [0.25, 0.3) is 0 Å². The Labute approximate surface area is 94.7 Å². The van der Waals surface area contributed by atoms with Crippen LogP contribution in [-0.4, -0.2) is 36.6 Å². The van der Waals surface area contributed by atoms with Crippen molar-refractivity contribution in [1.82, 2.24) is 10.2 Å². The largest absolute Gasteiger partial charge is 0.311 e. The number of nitrogens with one attached hydrogen (secondary N) is 1.